The molecule has 2 aromatic heterocycles. The van der Waals surface area contributed by atoms with Crippen LogP contribution in [-0.2, 0) is 4.79 Å². The van der Waals surface area contributed by atoms with Gasteiger partial charge in [0, 0.05) is 0 Å². The number of fused-ring (bicyclic) bond motifs is 2. The molecule has 0 spiro atoms. The molecule has 0 unspecified atom stereocenters. The zero-order valence-electron chi connectivity index (χ0n) is 21.0. The lowest BCUT2D eigenvalue weighted by molar-refractivity contribution is -0.123. The lowest BCUT2D eigenvalue weighted by atomic mass is 10.1. The first kappa shape index (κ1) is 25.5. The number of nitrogens with one attached hydrogen (secondary N) is 1. The van der Waals surface area contributed by atoms with Gasteiger partial charge >= 0.3 is 0 Å². The van der Waals surface area contributed by atoms with E-state index in [4.69, 9.17) is 9.15 Å². The molecule has 0 saturated heterocycles. The fourth-order valence-corrected chi connectivity index (χ4v) is 6.11. The summed E-state index contributed by atoms with van der Waals surface area (Å²) in [6, 6.07) is 23.1. The molecule has 0 aliphatic carbocycles. The van der Waals surface area contributed by atoms with Gasteiger partial charge < -0.3 is 9.15 Å². The first-order valence-corrected chi connectivity index (χ1v) is 13.8. The van der Waals surface area contributed by atoms with Crippen molar-refractivity contribution in [2.24, 2.45) is 5.10 Å². The molecule has 40 heavy (non-hydrogen) atoms. The Labute approximate surface area is 236 Å². The molecule has 0 bridgehead atoms. The average molecular weight is 569 g/mol. The molecule has 9 nitrogen and oxygen atoms in total. The number of nitrogens with zero attached hydrogens (tertiary/aromatic N) is 3. The van der Waals surface area contributed by atoms with Gasteiger partial charge in [-0.15, -0.1) is 11.3 Å². The summed E-state index contributed by atoms with van der Waals surface area (Å²) in [5.74, 6) is 0.0362. The first-order valence-electron chi connectivity index (χ1n) is 12.1. The molecule has 0 radical (unpaired) electrons. The van der Waals surface area contributed by atoms with Crippen LogP contribution < -0.4 is 15.1 Å². The number of imide groups is 1. The third kappa shape index (κ3) is 5.12. The number of thiazole rings is 1. The third-order valence-electron chi connectivity index (χ3n) is 6.03. The minimum atomic E-state index is -0.393. The van der Waals surface area contributed by atoms with Gasteiger partial charge in [-0.1, -0.05) is 30.3 Å². The number of anilines is 1. The van der Waals surface area contributed by atoms with E-state index in [9.17, 15) is 14.4 Å². The highest BCUT2D eigenvalue weighted by Crippen LogP contribution is 2.37. The Balaban J connectivity index is 1.08. The monoisotopic (exact) mass is 568 g/mol. The summed E-state index contributed by atoms with van der Waals surface area (Å²) in [6.07, 6.45) is 1.41. The maximum atomic E-state index is 12.8. The number of hydrogen-bond acceptors (Lipinski definition) is 9. The Morgan fingerprint density at radius 3 is 2.58 bits per heavy atom. The van der Waals surface area contributed by atoms with Crippen LogP contribution >= 0.6 is 23.1 Å². The molecule has 198 valence electrons. The SMILES string of the molecule is Cc1ccccc1OCC(=O)N/N=C\c1ccc(Sc2nc3ccc(N4C(=O)c5ccccc5C4=O)cc3s2)o1. The molecule has 3 heterocycles. The van der Waals surface area contributed by atoms with Crippen molar-refractivity contribution in [2.45, 2.75) is 16.4 Å². The van der Waals surface area contributed by atoms with E-state index in [2.05, 4.69) is 15.5 Å². The zero-order chi connectivity index (χ0) is 27.6. The van der Waals surface area contributed by atoms with Gasteiger partial charge in [-0.05, 0) is 72.8 Å². The van der Waals surface area contributed by atoms with Gasteiger partial charge in [0.2, 0.25) is 0 Å². The number of amides is 3. The van der Waals surface area contributed by atoms with Gasteiger partial charge in [-0.2, -0.15) is 5.10 Å². The molecule has 1 aliphatic heterocycles. The van der Waals surface area contributed by atoms with Crippen LogP contribution in [0.3, 0.4) is 0 Å². The number of rotatable bonds is 8. The number of carbonyl (C=O) groups is 3. The molecule has 11 heteroatoms. The summed E-state index contributed by atoms with van der Waals surface area (Å²) >= 11 is 2.76. The molecule has 0 atom stereocenters. The number of aromatic nitrogens is 1. The molecular formula is C29H20N4O5S2. The van der Waals surface area contributed by atoms with Crippen molar-refractivity contribution in [1.82, 2.24) is 10.4 Å². The minimum absolute atomic E-state index is 0.159. The van der Waals surface area contributed by atoms with Gasteiger partial charge in [0.1, 0.15) is 11.5 Å². The highest BCUT2D eigenvalue weighted by molar-refractivity contribution is 8.01. The molecule has 0 fully saturated rings. The maximum absolute atomic E-state index is 12.8. The Bertz CT molecular complexity index is 1770. The molecule has 5 aromatic rings. The van der Waals surface area contributed by atoms with Gasteiger partial charge in [0.05, 0.1) is 33.2 Å². The van der Waals surface area contributed by atoms with Gasteiger partial charge in [-0.25, -0.2) is 15.3 Å². The summed E-state index contributed by atoms with van der Waals surface area (Å²) in [7, 11) is 0. The standard InChI is InChI=1S/C29H20N4O5S2/c1-17-6-2-5-9-23(17)37-16-25(34)32-30-15-19-11-13-26(38-19)40-29-31-22-12-10-18(14-24(22)39-29)33-27(35)20-7-3-4-8-21(20)28(33)36/h2-15H,16H2,1H3,(H,32,34)/b30-15-. The van der Waals surface area contributed by atoms with E-state index in [0.29, 0.717) is 33.4 Å². The van der Waals surface area contributed by atoms with Crippen LogP contribution in [0, 0.1) is 6.92 Å². The van der Waals surface area contributed by atoms with Crippen molar-refractivity contribution >= 4 is 62.9 Å². The molecule has 3 aromatic carbocycles. The maximum Gasteiger partial charge on any atom is 0.277 e. The van der Waals surface area contributed by atoms with Crippen LogP contribution in [0.2, 0.25) is 0 Å². The molecule has 6 rings (SSSR count). The van der Waals surface area contributed by atoms with Crippen LogP contribution in [0.25, 0.3) is 10.2 Å². The highest BCUT2D eigenvalue weighted by atomic mass is 32.2. The summed E-state index contributed by atoms with van der Waals surface area (Å²) in [4.78, 5) is 43.5. The van der Waals surface area contributed by atoms with E-state index in [1.165, 1.54) is 34.2 Å². The van der Waals surface area contributed by atoms with E-state index in [0.717, 1.165) is 20.1 Å². The summed E-state index contributed by atoms with van der Waals surface area (Å²) < 4.78 is 12.8. The third-order valence-corrected chi connectivity index (χ3v) is 8.03. The fourth-order valence-electron chi connectivity index (χ4n) is 4.11. The zero-order valence-corrected chi connectivity index (χ0v) is 22.6. The second-order valence-corrected chi connectivity index (χ2v) is 11.0. The Morgan fingerprint density at radius 1 is 1.05 bits per heavy atom. The Morgan fingerprint density at radius 2 is 1.80 bits per heavy atom. The van der Waals surface area contributed by atoms with Crippen molar-refractivity contribution in [3.05, 3.63) is 101 Å². The van der Waals surface area contributed by atoms with E-state index in [1.54, 1.807) is 60.7 Å². The van der Waals surface area contributed by atoms with Crippen molar-refractivity contribution in [2.75, 3.05) is 11.5 Å². The second kappa shape index (κ2) is 10.8. The quantitative estimate of drug-likeness (QED) is 0.146. The van der Waals surface area contributed by atoms with Crippen LogP contribution in [0.15, 0.2) is 97.8 Å². The Kier molecular flexibility index (Phi) is 6.89. The van der Waals surface area contributed by atoms with Gasteiger partial charge in [0.15, 0.2) is 16.0 Å². The highest BCUT2D eigenvalue weighted by Gasteiger charge is 2.36. The number of hydrogen-bond donors (Lipinski definition) is 1. The van der Waals surface area contributed by atoms with Crippen molar-refractivity contribution in [3.8, 4) is 5.75 Å². The number of para-hydroxylation sites is 1. The topological polar surface area (TPSA) is 114 Å². The second-order valence-electron chi connectivity index (χ2n) is 8.73. The summed E-state index contributed by atoms with van der Waals surface area (Å²) in [6.45, 7) is 1.75. The average Bonchev–Trinajstić information content (AvgIpc) is 3.64. The molecule has 1 N–H and O–H groups in total. The largest absolute Gasteiger partial charge is 0.483 e. The van der Waals surface area contributed by atoms with E-state index < -0.39 is 5.91 Å². The predicted molar refractivity (Wildman–Crippen MR) is 152 cm³/mol. The number of hydrazone groups is 1. The number of ether oxygens (including phenoxy) is 1. The van der Waals surface area contributed by atoms with Crippen LogP contribution in [-0.4, -0.2) is 35.5 Å². The van der Waals surface area contributed by atoms with Crippen molar-refractivity contribution in [3.63, 3.8) is 0 Å². The van der Waals surface area contributed by atoms with Gasteiger partial charge in [0.25, 0.3) is 17.7 Å². The fraction of sp³-hybridized carbons (Fsp3) is 0.0690. The van der Waals surface area contributed by atoms with E-state index >= 15 is 0 Å². The van der Waals surface area contributed by atoms with Crippen molar-refractivity contribution < 1.29 is 23.5 Å². The smallest absolute Gasteiger partial charge is 0.277 e. The normalized spacial score (nSPS) is 12.9. The van der Waals surface area contributed by atoms with E-state index in [-0.39, 0.29) is 18.4 Å². The summed E-state index contributed by atoms with van der Waals surface area (Å²) in [5.41, 5.74) is 5.41. The van der Waals surface area contributed by atoms with Crippen molar-refractivity contribution in [1.29, 1.82) is 0 Å². The number of furan rings is 1. The minimum Gasteiger partial charge on any atom is -0.483 e. The summed E-state index contributed by atoms with van der Waals surface area (Å²) in [5, 5.41) is 4.52. The van der Waals surface area contributed by atoms with Crippen LogP contribution in [0.4, 0.5) is 5.69 Å². The van der Waals surface area contributed by atoms with Crippen LogP contribution in [0.5, 0.6) is 5.75 Å². The predicted octanol–water partition coefficient (Wildman–Crippen LogP) is 5.68. The van der Waals surface area contributed by atoms with Crippen LogP contribution in [0.1, 0.15) is 32.0 Å². The molecule has 3 amide bonds. The number of carbonyl (C=O) groups excluding carboxylic acids is 3. The Hall–Kier alpha value is -4.74. The molecular weight excluding hydrogens is 548 g/mol. The lowest BCUT2D eigenvalue weighted by Gasteiger charge is -2.13. The molecule has 1 aliphatic rings. The number of benzene rings is 3. The van der Waals surface area contributed by atoms with E-state index in [1.807, 2.05) is 25.1 Å². The van der Waals surface area contributed by atoms with Gasteiger partial charge in [-0.3, -0.25) is 14.4 Å². The first-order chi connectivity index (χ1) is 19.5. The number of aryl methyl sites for hydroxylation is 1. The lowest BCUT2D eigenvalue weighted by Crippen LogP contribution is -2.29. The molecule has 0 saturated carbocycles.